The Labute approximate surface area is 83.2 Å². The maximum atomic E-state index is 11.3. The van der Waals surface area contributed by atoms with Crippen LogP contribution in [0.3, 0.4) is 0 Å². The zero-order valence-corrected chi connectivity index (χ0v) is 8.23. The van der Waals surface area contributed by atoms with Gasteiger partial charge in [0.15, 0.2) is 0 Å². The highest BCUT2D eigenvalue weighted by Gasteiger charge is 2.20. The summed E-state index contributed by atoms with van der Waals surface area (Å²) in [5.74, 6) is -0.0906. The van der Waals surface area contributed by atoms with Gasteiger partial charge in [-0.1, -0.05) is 0 Å². The van der Waals surface area contributed by atoms with Gasteiger partial charge in [0.2, 0.25) is 5.91 Å². The van der Waals surface area contributed by atoms with E-state index in [9.17, 15) is 4.79 Å². The first-order chi connectivity index (χ1) is 6.74. The molecule has 0 aromatic rings. The zero-order valence-electron chi connectivity index (χ0n) is 8.23. The van der Waals surface area contributed by atoms with Crippen LogP contribution in [0.25, 0.3) is 0 Å². The number of nitriles is 1. The Morgan fingerprint density at radius 3 is 2.93 bits per heavy atom. The number of likely N-dealkylation sites (N-methyl/N-ethyl adjacent to an activating group) is 1. The molecule has 0 radical (unpaired) electrons. The predicted octanol–water partition coefficient (Wildman–Crippen LogP) is -0.226. The van der Waals surface area contributed by atoms with E-state index in [1.165, 1.54) is 4.90 Å². The molecule has 1 amide bonds. The lowest BCUT2D eigenvalue weighted by Crippen LogP contribution is -2.40. The summed E-state index contributed by atoms with van der Waals surface area (Å²) in [6, 6.07) is 1.99. The van der Waals surface area contributed by atoms with Crippen molar-refractivity contribution in [3.8, 4) is 6.07 Å². The van der Waals surface area contributed by atoms with Gasteiger partial charge < -0.3 is 14.4 Å². The fraction of sp³-hybridized carbons (Fsp3) is 0.778. The van der Waals surface area contributed by atoms with Gasteiger partial charge in [0.1, 0.15) is 12.7 Å². The summed E-state index contributed by atoms with van der Waals surface area (Å²) in [6.45, 7) is 1.69. The normalized spacial score (nSPS) is 15.7. The summed E-state index contributed by atoms with van der Waals surface area (Å²) in [5, 5.41) is 8.33. The quantitative estimate of drug-likeness (QED) is 0.612. The van der Waals surface area contributed by atoms with Crippen molar-refractivity contribution < 1.29 is 14.3 Å². The molecule has 0 atom stereocenters. The van der Waals surface area contributed by atoms with Crippen LogP contribution in [0.4, 0.5) is 0 Å². The van der Waals surface area contributed by atoms with Crippen LogP contribution >= 0.6 is 0 Å². The molecule has 0 spiro atoms. The van der Waals surface area contributed by atoms with Gasteiger partial charge in [-0.15, -0.1) is 0 Å². The second-order valence-electron chi connectivity index (χ2n) is 3.19. The third-order valence-electron chi connectivity index (χ3n) is 2.03. The first-order valence-corrected chi connectivity index (χ1v) is 4.54. The average Bonchev–Trinajstić information content (AvgIpc) is 2.11. The van der Waals surface area contributed by atoms with Gasteiger partial charge in [0, 0.05) is 13.6 Å². The highest BCUT2D eigenvalue weighted by Crippen LogP contribution is 2.05. The number of hydrogen-bond donors (Lipinski definition) is 0. The molecular formula is C9H14N2O3. The van der Waals surface area contributed by atoms with Crippen LogP contribution < -0.4 is 0 Å². The summed E-state index contributed by atoms with van der Waals surface area (Å²) in [4.78, 5) is 12.8. The van der Waals surface area contributed by atoms with E-state index < -0.39 is 0 Å². The van der Waals surface area contributed by atoms with Crippen molar-refractivity contribution in [3.05, 3.63) is 0 Å². The van der Waals surface area contributed by atoms with Crippen molar-refractivity contribution in [1.82, 2.24) is 4.90 Å². The molecule has 1 aliphatic heterocycles. The van der Waals surface area contributed by atoms with Gasteiger partial charge in [-0.3, -0.25) is 4.79 Å². The first-order valence-electron chi connectivity index (χ1n) is 4.54. The van der Waals surface area contributed by atoms with Crippen LogP contribution in [0.15, 0.2) is 0 Å². The molecule has 1 aliphatic rings. The second-order valence-corrected chi connectivity index (χ2v) is 3.19. The Balaban J connectivity index is 2.10. The second kappa shape index (κ2) is 5.58. The predicted molar refractivity (Wildman–Crippen MR) is 48.4 cm³/mol. The molecule has 0 saturated carbocycles. The lowest BCUT2D eigenvalue weighted by molar-refractivity contribution is -0.154. The van der Waals surface area contributed by atoms with Gasteiger partial charge in [-0.25, -0.2) is 0 Å². The third kappa shape index (κ3) is 3.32. The standard InChI is InChI=1S/C9H14N2O3/c1-11(4-2-3-10)9(12)7-14-8-5-13-6-8/h8H,2,4-7H2,1H3. The lowest BCUT2D eigenvalue weighted by atomic mass is 10.3. The van der Waals surface area contributed by atoms with E-state index in [1.807, 2.05) is 6.07 Å². The van der Waals surface area contributed by atoms with E-state index in [0.717, 1.165) is 0 Å². The van der Waals surface area contributed by atoms with E-state index in [4.69, 9.17) is 14.7 Å². The number of rotatable bonds is 5. The fourth-order valence-electron chi connectivity index (χ4n) is 0.952. The number of amides is 1. The van der Waals surface area contributed by atoms with Crippen molar-refractivity contribution in [3.63, 3.8) is 0 Å². The molecule has 1 saturated heterocycles. The van der Waals surface area contributed by atoms with Crippen molar-refractivity contribution in [2.24, 2.45) is 0 Å². The Morgan fingerprint density at radius 2 is 2.43 bits per heavy atom. The summed E-state index contributed by atoms with van der Waals surface area (Å²) in [7, 11) is 1.67. The van der Waals surface area contributed by atoms with E-state index in [2.05, 4.69) is 0 Å². The van der Waals surface area contributed by atoms with Gasteiger partial charge in [-0.05, 0) is 0 Å². The van der Waals surface area contributed by atoms with Gasteiger partial charge in [0.05, 0.1) is 25.7 Å². The Hall–Kier alpha value is -1.12. The van der Waals surface area contributed by atoms with Gasteiger partial charge >= 0.3 is 0 Å². The minimum atomic E-state index is -0.0906. The number of hydrogen-bond acceptors (Lipinski definition) is 4. The molecule has 1 rings (SSSR count). The van der Waals surface area contributed by atoms with Crippen LogP contribution in [0.1, 0.15) is 6.42 Å². The van der Waals surface area contributed by atoms with Crippen LogP contribution in [-0.4, -0.2) is 50.3 Å². The van der Waals surface area contributed by atoms with Crippen LogP contribution in [0.5, 0.6) is 0 Å². The highest BCUT2D eigenvalue weighted by atomic mass is 16.6. The van der Waals surface area contributed by atoms with Crippen molar-refractivity contribution in [2.45, 2.75) is 12.5 Å². The fourth-order valence-corrected chi connectivity index (χ4v) is 0.952. The molecule has 78 valence electrons. The molecule has 0 N–H and O–H groups in total. The molecule has 0 aromatic heterocycles. The third-order valence-corrected chi connectivity index (χ3v) is 2.03. The molecule has 1 heterocycles. The summed E-state index contributed by atoms with van der Waals surface area (Å²) in [6.07, 6.45) is 0.428. The van der Waals surface area contributed by atoms with E-state index in [-0.39, 0.29) is 18.6 Å². The summed E-state index contributed by atoms with van der Waals surface area (Å²) >= 11 is 0. The van der Waals surface area contributed by atoms with Crippen molar-refractivity contribution >= 4 is 5.91 Å². The summed E-state index contributed by atoms with van der Waals surface area (Å²) < 4.78 is 10.1. The van der Waals surface area contributed by atoms with Crippen LogP contribution in [0.2, 0.25) is 0 Å². The Kier molecular flexibility index (Phi) is 4.36. The maximum Gasteiger partial charge on any atom is 0.248 e. The monoisotopic (exact) mass is 198 g/mol. The lowest BCUT2D eigenvalue weighted by Gasteiger charge is -2.26. The number of carbonyl (C=O) groups is 1. The zero-order chi connectivity index (χ0) is 10.4. The molecule has 5 nitrogen and oxygen atoms in total. The Bertz CT molecular complexity index is 233. The van der Waals surface area contributed by atoms with E-state index in [0.29, 0.717) is 26.2 Å². The van der Waals surface area contributed by atoms with Crippen molar-refractivity contribution in [2.75, 3.05) is 33.4 Å². The maximum absolute atomic E-state index is 11.3. The average molecular weight is 198 g/mol. The topological polar surface area (TPSA) is 62.6 Å². The molecule has 14 heavy (non-hydrogen) atoms. The van der Waals surface area contributed by atoms with E-state index in [1.54, 1.807) is 7.05 Å². The molecule has 5 heteroatoms. The van der Waals surface area contributed by atoms with E-state index >= 15 is 0 Å². The largest absolute Gasteiger partial charge is 0.376 e. The Morgan fingerprint density at radius 1 is 1.71 bits per heavy atom. The molecule has 0 aromatic carbocycles. The molecule has 0 bridgehead atoms. The smallest absolute Gasteiger partial charge is 0.248 e. The van der Waals surface area contributed by atoms with Crippen LogP contribution in [0, 0.1) is 11.3 Å². The molecule has 0 aliphatic carbocycles. The number of nitrogens with zero attached hydrogens (tertiary/aromatic N) is 2. The summed E-state index contributed by atoms with van der Waals surface area (Å²) in [5.41, 5.74) is 0. The van der Waals surface area contributed by atoms with Crippen molar-refractivity contribution in [1.29, 1.82) is 5.26 Å². The number of ether oxygens (including phenoxy) is 2. The SMILES string of the molecule is CN(CCC#N)C(=O)COC1COC1. The first kappa shape index (κ1) is 11.0. The molecule has 1 fully saturated rings. The minimum absolute atomic E-state index is 0.0725. The molecule has 0 unspecified atom stereocenters. The van der Waals surface area contributed by atoms with Gasteiger partial charge in [-0.2, -0.15) is 5.26 Å². The van der Waals surface area contributed by atoms with Crippen LogP contribution in [-0.2, 0) is 14.3 Å². The highest BCUT2D eigenvalue weighted by molar-refractivity contribution is 5.77. The number of carbonyl (C=O) groups excluding carboxylic acids is 1. The minimum Gasteiger partial charge on any atom is -0.376 e. The molecular weight excluding hydrogens is 184 g/mol. The van der Waals surface area contributed by atoms with Gasteiger partial charge in [0.25, 0.3) is 0 Å².